The van der Waals surface area contributed by atoms with Gasteiger partial charge in [-0.15, -0.1) is 0 Å². The summed E-state index contributed by atoms with van der Waals surface area (Å²) in [5.74, 6) is 0. The summed E-state index contributed by atoms with van der Waals surface area (Å²) in [6.07, 6.45) is 0. The Balaban J connectivity index is 2.54. The predicted molar refractivity (Wildman–Crippen MR) is 53.7 cm³/mol. The normalized spacial score (nSPS) is 15.2. The third kappa shape index (κ3) is 4.02. The molecule has 0 spiro atoms. The zero-order valence-corrected chi connectivity index (χ0v) is 8.90. The quantitative estimate of drug-likeness (QED) is 0.803. The predicted octanol–water partition coefficient (Wildman–Crippen LogP) is 1.95. The molecule has 1 atom stereocenters. The third-order valence-electron chi connectivity index (χ3n) is 1.29. The number of rotatable bonds is 4. The van der Waals surface area contributed by atoms with Gasteiger partial charge in [-0.2, -0.15) is 7.94 Å². The van der Waals surface area contributed by atoms with E-state index in [0.717, 1.165) is 5.56 Å². The maximum atomic E-state index is 11.0. The molecule has 0 aliphatic heterocycles. The summed E-state index contributed by atoms with van der Waals surface area (Å²) in [5.41, 5.74) is 0.855. The van der Waals surface area contributed by atoms with E-state index in [2.05, 4.69) is 14.9 Å². The molecule has 1 rings (SSSR count). The molecule has 0 aliphatic carbocycles. The molecule has 0 heterocycles. The average Bonchev–Trinajstić information content (AvgIpc) is 2.17. The molecule has 1 aromatic carbocycles. The Labute approximate surface area is 86.9 Å². The van der Waals surface area contributed by atoms with E-state index in [-0.39, 0.29) is 6.61 Å². The van der Waals surface area contributed by atoms with Crippen LogP contribution in [0.3, 0.4) is 0 Å². The Morgan fingerprint density at radius 1 is 1.38 bits per heavy atom. The average molecular weight is 239 g/mol. The molecular formula is C7H7ClO3S2. The lowest BCUT2D eigenvalue weighted by molar-refractivity contribution is 0.303. The summed E-state index contributed by atoms with van der Waals surface area (Å²) in [7, 11) is -3.22. The molecule has 6 heteroatoms. The topological polar surface area (TPSA) is 35.5 Å². The largest absolute Gasteiger partial charge is 0.285 e. The third-order valence-corrected chi connectivity index (χ3v) is 3.07. The summed E-state index contributed by atoms with van der Waals surface area (Å²) < 4.78 is 19.7. The second-order valence-electron chi connectivity index (χ2n) is 2.22. The second-order valence-corrected chi connectivity index (χ2v) is 5.00. The van der Waals surface area contributed by atoms with Gasteiger partial charge < -0.3 is 0 Å². The molecule has 0 fully saturated rings. The zero-order chi connectivity index (χ0) is 9.73. The van der Waals surface area contributed by atoms with Crippen LogP contribution >= 0.6 is 11.9 Å². The fraction of sp³-hybridized carbons (Fsp3) is 0.143. The standard InChI is InChI=1S/C7H7ClO3S2/c8-11-13(9,12)10-6-7-4-2-1-3-5-7/h1-5H,6H2. The van der Waals surface area contributed by atoms with Crippen molar-refractivity contribution in [2.24, 2.45) is 0 Å². The Morgan fingerprint density at radius 2 is 2.00 bits per heavy atom. The smallest absolute Gasteiger partial charge is 0.264 e. The van der Waals surface area contributed by atoms with Crippen molar-refractivity contribution in [3.8, 4) is 0 Å². The van der Waals surface area contributed by atoms with Crippen molar-refractivity contribution in [2.75, 3.05) is 0 Å². The van der Waals surface area contributed by atoms with Crippen LogP contribution in [-0.2, 0) is 34.8 Å². The van der Waals surface area contributed by atoms with Crippen molar-refractivity contribution in [3.63, 3.8) is 0 Å². The molecule has 0 saturated carbocycles. The Hall–Kier alpha value is -0.200. The number of halogens is 1. The van der Waals surface area contributed by atoms with Gasteiger partial charge in [0.2, 0.25) is 0 Å². The van der Waals surface area contributed by atoms with Gasteiger partial charge in [0, 0.05) is 11.2 Å². The molecule has 1 aromatic rings. The Kier molecular flexibility index (Phi) is 4.08. The maximum Gasteiger partial charge on any atom is 0.285 e. The summed E-state index contributed by atoms with van der Waals surface area (Å²) in [4.78, 5) is 0. The van der Waals surface area contributed by atoms with Crippen molar-refractivity contribution in [3.05, 3.63) is 35.9 Å². The molecule has 13 heavy (non-hydrogen) atoms. The van der Waals surface area contributed by atoms with Gasteiger partial charge in [-0.05, 0) is 5.56 Å². The first-order valence-electron chi connectivity index (χ1n) is 3.37. The molecule has 0 saturated heterocycles. The fourth-order valence-corrected chi connectivity index (χ4v) is 1.30. The lowest BCUT2D eigenvalue weighted by atomic mass is 10.2. The van der Waals surface area contributed by atoms with Crippen molar-refractivity contribution in [1.82, 2.24) is 0 Å². The highest BCUT2D eigenvalue weighted by Gasteiger charge is 2.05. The maximum absolute atomic E-state index is 11.0. The van der Waals surface area contributed by atoms with Gasteiger partial charge in [-0.3, -0.25) is 4.18 Å². The van der Waals surface area contributed by atoms with Gasteiger partial charge in [0.25, 0.3) is 9.05 Å². The van der Waals surface area contributed by atoms with E-state index in [0.29, 0.717) is 0 Å². The van der Waals surface area contributed by atoms with Crippen LogP contribution in [0.2, 0.25) is 0 Å². The van der Waals surface area contributed by atoms with Crippen molar-refractivity contribution < 1.29 is 12.1 Å². The summed E-state index contributed by atoms with van der Waals surface area (Å²) >= 11 is 9.25. The zero-order valence-electron chi connectivity index (χ0n) is 6.51. The highest BCUT2D eigenvalue weighted by atomic mass is 35.5. The van der Waals surface area contributed by atoms with Crippen LogP contribution in [0, 0.1) is 0 Å². The number of hydrogen-bond donors (Lipinski definition) is 0. The Bertz CT molecular complexity index is 349. The molecule has 72 valence electrons. The van der Waals surface area contributed by atoms with Crippen LogP contribution in [0.4, 0.5) is 0 Å². The van der Waals surface area contributed by atoms with Gasteiger partial charge in [0.1, 0.15) is 0 Å². The summed E-state index contributed by atoms with van der Waals surface area (Å²) in [6, 6.07) is 9.18. The van der Waals surface area contributed by atoms with Gasteiger partial charge in [-0.25, -0.2) is 0 Å². The molecule has 3 nitrogen and oxygen atoms in total. The van der Waals surface area contributed by atoms with Crippen LogP contribution in [0.15, 0.2) is 30.3 Å². The van der Waals surface area contributed by atoms with Crippen molar-refractivity contribution >= 4 is 32.1 Å². The van der Waals surface area contributed by atoms with E-state index in [1.807, 2.05) is 30.3 Å². The van der Waals surface area contributed by atoms with E-state index < -0.39 is 9.05 Å². The van der Waals surface area contributed by atoms with Crippen molar-refractivity contribution in [1.29, 1.82) is 0 Å². The van der Waals surface area contributed by atoms with Gasteiger partial charge in [-0.1, -0.05) is 30.3 Å². The van der Waals surface area contributed by atoms with E-state index in [1.54, 1.807) is 0 Å². The van der Waals surface area contributed by atoms with Crippen LogP contribution < -0.4 is 0 Å². The summed E-state index contributed by atoms with van der Waals surface area (Å²) in [6.45, 7) is 0.121. The minimum Gasteiger partial charge on any atom is -0.264 e. The fourth-order valence-electron chi connectivity index (χ4n) is 0.733. The first kappa shape index (κ1) is 10.9. The van der Waals surface area contributed by atoms with E-state index in [4.69, 9.17) is 16.0 Å². The minimum atomic E-state index is -3.22. The van der Waals surface area contributed by atoms with Crippen LogP contribution in [0.5, 0.6) is 0 Å². The highest BCUT2D eigenvalue weighted by molar-refractivity contribution is 8.27. The molecule has 0 amide bonds. The molecule has 1 unspecified atom stereocenters. The minimum absolute atomic E-state index is 0.121. The van der Waals surface area contributed by atoms with Gasteiger partial charge in [0.05, 0.1) is 18.5 Å². The first-order chi connectivity index (χ1) is 6.14. The van der Waals surface area contributed by atoms with Crippen LogP contribution in [-0.4, -0.2) is 4.21 Å². The van der Waals surface area contributed by atoms with Gasteiger partial charge in [0.15, 0.2) is 0 Å². The molecular weight excluding hydrogens is 232 g/mol. The van der Waals surface area contributed by atoms with E-state index >= 15 is 0 Å². The first-order valence-corrected chi connectivity index (χ1v) is 6.02. The number of hydrogen-bond acceptors (Lipinski definition) is 4. The lowest BCUT2D eigenvalue weighted by Crippen LogP contribution is -2.03. The monoisotopic (exact) mass is 238 g/mol. The SMILES string of the molecule is O=S(=S)(OCl)OCc1ccccc1. The molecule has 0 radical (unpaired) electrons. The van der Waals surface area contributed by atoms with Crippen LogP contribution in [0.25, 0.3) is 0 Å². The second kappa shape index (κ2) is 4.88. The molecule has 0 bridgehead atoms. The highest BCUT2D eigenvalue weighted by Crippen LogP contribution is 2.06. The van der Waals surface area contributed by atoms with Gasteiger partial charge >= 0.3 is 0 Å². The lowest BCUT2D eigenvalue weighted by Gasteiger charge is -2.02. The molecule has 0 N–H and O–H groups in total. The number of benzene rings is 1. The molecule has 0 aliphatic rings. The van der Waals surface area contributed by atoms with Crippen molar-refractivity contribution in [2.45, 2.75) is 6.61 Å². The summed E-state index contributed by atoms with van der Waals surface area (Å²) in [5, 5.41) is 0. The van der Waals surface area contributed by atoms with E-state index in [1.165, 1.54) is 0 Å². The molecule has 0 aromatic heterocycles. The van der Waals surface area contributed by atoms with E-state index in [9.17, 15) is 4.21 Å². The van der Waals surface area contributed by atoms with Crippen LogP contribution in [0.1, 0.15) is 5.56 Å². The Morgan fingerprint density at radius 3 is 2.54 bits per heavy atom.